The highest BCUT2D eigenvalue weighted by Crippen LogP contribution is 2.55. The van der Waals surface area contributed by atoms with E-state index in [2.05, 4.69) is 5.32 Å². The molecule has 5 aliphatic rings. The molecule has 17 nitrogen and oxygen atoms in total. The van der Waals surface area contributed by atoms with E-state index in [1.54, 1.807) is 32.9 Å². The third-order valence-corrected chi connectivity index (χ3v) is 10.0. The van der Waals surface area contributed by atoms with E-state index >= 15 is 0 Å². The smallest absolute Gasteiger partial charge is 0.327 e. The van der Waals surface area contributed by atoms with Crippen molar-refractivity contribution in [1.29, 1.82) is 0 Å². The number of aliphatic hydroxyl groups is 5. The number of aliphatic hydroxyl groups excluding tert-OH is 5. The van der Waals surface area contributed by atoms with E-state index in [0.29, 0.717) is 0 Å². The van der Waals surface area contributed by atoms with Gasteiger partial charge >= 0.3 is 11.9 Å². The summed E-state index contributed by atoms with van der Waals surface area (Å²) in [5, 5.41) is 53.8. The number of fused-ring (bicyclic) bond motifs is 4. The van der Waals surface area contributed by atoms with Crippen LogP contribution in [0.1, 0.15) is 51.2 Å². The first-order valence-electron chi connectivity index (χ1n) is 17.4. The molecule has 17 heteroatoms. The zero-order valence-electron chi connectivity index (χ0n) is 29.2. The van der Waals surface area contributed by atoms with Crippen LogP contribution in [-0.2, 0) is 54.2 Å². The van der Waals surface area contributed by atoms with Gasteiger partial charge in [-0.25, -0.2) is 0 Å². The Labute approximate surface area is 300 Å². The van der Waals surface area contributed by atoms with E-state index in [0.717, 1.165) is 11.1 Å². The van der Waals surface area contributed by atoms with Crippen molar-refractivity contribution in [2.24, 2.45) is 5.41 Å². The first kappa shape index (κ1) is 38.6. The molecular weight excluding hydrogens is 688 g/mol. The molecule has 0 spiro atoms. The molecule has 1 aromatic rings. The molecule has 1 aliphatic carbocycles. The van der Waals surface area contributed by atoms with Gasteiger partial charge in [-0.3, -0.25) is 19.2 Å². The highest BCUT2D eigenvalue weighted by atomic mass is 16.8. The van der Waals surface area contributed by atoms with Crippen LogP contribution in [0.5, 0.6) is 0 Å². The molecule has 0 unspecified atom stereocenters. The molecule has 1 amide bonds. The maximum Gasteiger partial charge on any atom is 0.327 e. The Morgan fingerprint density at radius 3 is 2.50 bits per heavy atom. The molecule has 6 rings (SSSR count). The van der Waals surface area contributed by atoms with Gasteiger partial charge in [0.2, 0.25) is 5.91 Å². The van der Waals surface area contributed by atoms with Crippen molar-refractivity contribution in [2.75, 3.05) is 26.6 Å². The first-order chi connectivity index (χ1) is 24.7. The number of carbonyl (C=O) groups is 3. The maximum atomic E-state index is 14.3. The van der Waals surface area contributed by atoms with Gasteiger partial charge in [-0.2, -0.15) is 5.06 Å². The summed E-state index contributed by atoms with van der Waals surface area (Å²) in [6, 6.07) is 5.36. The molecule has 4 saturated heterocycles. The van der Waals surface area contributed by atoms with Crippen molar-refractivity contribution in [2.45, 2.75) is 119 Å². The summed E-state index contributed by atoms with van der Waals surface area (Å²) in [5.74, 6) is -1.62. The number of nitrogens with zero attached hydrogens (tertiary/aromatic N) is 1. The van der Waals surface area contributed by atoms with Crippen LogP contribution >= 0.6 is 0 Å². The Bertz CT molecular complexity index is 1470. The van der Waals surface area contributed by atoms with Crippen molar-refractivity contribution < 1.29 is 73.2 Å². The van der Waals surface area contributed by atoms with Gasteiger partial charge in [0.15, 0.2) is 12.3 Å². The van der Waals surface area contributed by atoms with Crippen LogP contribution in [-0.4, -0.2) is 148 Å². The number of hydrogen-bond acceptors (Lipinski definition) is 16. The van der Waals surface area contributed by atoms with Gasteiger partial charge in [-0.1, -0.05) is 36.4 Å². The third kappa shape index (κ3) is 7.76. The highest BCUT2D eigenvalue weighted by Gasteiger charge is 2.74. The van der Waals surface area contributed by atoms with Crippen LogP contribution in [0.4, 0.5) is 0 Å². The van der Waals surface area contributed by atoms with Crippen LogP contribution in [0.2, 0.25) is 0 Å². The number of esters is 2. The van der Waals surface area contributed by atoms with Crippen molar-refractivity contribution in [1.82, 2.24) is 10.4 Å². The molecule has 0 radical (unpaired) electrons. The van der Waals surface area contributed by atoms with Gasteiger partial charge in [0.25, 0.3) is 0 Å². The third-order valence-electron chi connectivity index (χ3n) is 10.0. The minimum atomic E-state index is -1.54. The minimum absolute atomic E-state index is 0.00549. The predicted molar refractivity (Wildman–Crippen MR) is 175 cm³/mol. The van der Waals surface area contributed by atoms with E-state index in [1.807, 2.05) is 24.3 Å². The molecule has 52 heavy (non-hydrogen) atoms. The van der Waals surface area contributed by atoms with E-state index < -0.39 is 109 Å². The molecule has 1 aromatic carbocycles. The first-order valence-corrected chi connectivity index (χ1v) is 17.4. The molecular formula is C35H48N2O15. The normalized spacial score (nSPS) is 36.3. The van der Waals surface area contributed by atoms with Crippen molar-refractivity contribution >= 4 is 23.9 Å². The van der Waals surface area contributed by atoms with E-state index in [-0.39, 0.29) is 39.2 Å². The summed E-state index contributed by atoms with van der Waals surface area (Å²) >= 11 is 0. The Morgan fingerprint density at radius 2 is 1.81 bits per heavy atom. The number of ether oxygens (including phenoxy) is 6. The number of nitrogens with one attached hydrogen (secondary N) is 1. The van der Waals surface area contributed by atoms with Crippen molar-refractivity contribution in [3.05, 3.63) is 41.5 Å². The molecule has 12 atom stereocenters. The lowest BCUT2D eigenvalue weighted by atomic mass is 9.62. The van der Waals surface area contributed by atoms with E-state index in [9.17, 15) is 39.9 Å². The summed E-state index contributed by atoms with van der Waals surface area (Å²) in [5.41, 5.74) is -0.574. The number of carbonyl (C=O) groups excluding carboxylic acids is 3. The largest absolute Gasteiger partial charge is 0.460 e. The van der Waals surface area contributed by atoms with E-state index in [1.165, 1.54) is 5.06 Å². The fraction of sp³-hybridized carbons (Fsp3) is 0.686. The summed E-state index contributed by atoms with van der Waals surface area (Å²) in [6.45, 7) is 4.31. The van der Waals surface area contributed by atoms with Gasteiger partial charge in [0.05, 0.1) is 32.4 Å². The highest BCUT2D eigenvalue weighted by molar-refractivity contribution is 5.93. The lowest BCUT2D eigenvalue weighted by molar-refractivity contribution is -0.298. The lowest BCUT2D eigenvalue weighted by Crippen LogP contribution is -2.70. The van der Waals surface area contributed by atoms with Gasteiger partial charge in [-0.15, -0.1) is 0 Å². The number of hydrogen-bond donors (Lipinski definition) is 6. The summed E-state index contributed by atoms with van der Waals surface area (Å²) in [7, 11) is 0. The maximum absolute atomic E-state index is 14.3. The molecule has 288 valence electrons. The Hall–Kier alpha value is -3.07. The standard InChI is InChI=1S/C35H48N2O15/c1-34(2,3)51-23(40)11-10-20(15-38)36-33(45)35-13-21-27-28(48-17-47-27)30(35)52-37(29(35)31(44)49-21)14-19-8-6-18(7-9-19)5-4-12-46-32-26(43)25(42)24(41)22(16-39)50-32/h4-9,20-22,24-30,32,38-39,41-43H,10-17H2,1-3H3,(H,36,45)/t20-,21+,22+,24-,25-,26+,27-,28-,29-,30+,32-,35-/m0/s1. The molecule has 0 aromatic heterocycles. The van der Waals surface area contributed by atoms with Crippen molar-refractivity contribution in [3.63, 3.8) is 0 Å². The van der Waals surface area contributed by atoms with Crippen LogP contribution in [0.25, 0.3) is 6.08 Å². The predicted octanol–water partition coefficient (Wildman–Crippen LogP) is -1.34. The number of amides is 1. The van der Waals surface area contributed by atoms with Crippen LogP contribution in [0.3, 0.4) is 0 Å². The van der Waals surface area contributed by atoms with Crippen LogP contribution in [0.15, 0.2) is 30.3 Å². The molecule has 6 N–H and O–H groups in total. The molecule has 5 fully saturated rings. The number of hydroxylamine groups is 2. The molecule has 4 aliphatic heterocycles. The minimum Gasteiger partial charge on any atom is -0.460 e. The fourth-order valence-electron chi connectivity index (χ4n) is 7.50. The molecule has 1 saturated carbocycles. The monoisotopic (exact) mass is 736 g/mol. The Balaban J connectivity index is 1.12. The average molecular weight is 737 g/mol. The van der Waals surface area contributed by atoms with Crippen LogP contribution < -0.4 is 5.32 Å². The van der Waals surface area contributed by atoms with E-state index in [4.69, 9.17) is 33.3 Å². The fourth-order valence-corrected chi connectivity index (χ4v) is 7.50. The second kappa shape index (κ2) is 15.7. The van der Waals surface area contributed by atoms with Gasteiger partial charge in [0.1, 0.15) is 66.6 Å². The average Bonchev–Trinajstić information content (AvgIpc) is 3.73. The van der Waals surface area contributed by atoms with Crippen molar-refractivity contribution in [3.8, 4) is 0 Å². The van der Waals surface area contributed by atoms with Crippen LogP contribution in [0, 0.1) is 5.41 Å². The summed E-state index contributed by atoms with van der Waals surface area (Å²) in [4.78, 5) is 46.7. The zero-order valence-corrected chi connectivity index (χ0v) is 29.2. The second-order valence-corrected chi connectivity index (χ2v) is 14.8. The lowest BCUT2D eigenvalue weighted by Gasteiger charge is -2.49. The summed E-state index contributed by atoms with van der Waals surface area (Å²) in [6.07, 6.45) is -6.18. The SMILES string of the molecule is CC(C)(C)OC(=O)CC[C@@H](CO)NC(=O)[C@@]12C[C@H]3OC(=O)[C@@H]1N(Cc1ccc(C=CCO[C@H]4O[C@H](CO)[C@H](O)[C@H](O)[C@H]4O)cc1)O[C@@H]2[C@H]1OCO[C@H]13. The molecule has 2 bridgehead atoms. The van der Waals surface area contributed by atoms with Gasteiger partial charge in [0, 0.05) is 12.8 Å². The second-order valence-electron chi connectivity index (χ2n) is 14.8. The summed E-state index contributed by atoms with van der Waals surface area (Å²) < 4.78 is 33.7. The number of benzene rings is 1. The zero-order chi connectivity index (χ0) is 37.4. The van der Waals surface area contributed by atoms with Gasteiger partial charge in [-0.05, 0) is 38.3 Å². The Morgan fingerprint density at radius 1 is 1.08 bits per heavy atom. The molecule has 4 heterocycles. The topological polar surface area (TPSA) is 232 Å². The number of rotatable bonds is 13. The quantitative estimate of drug-likeness (QED) is 0.129. The van der Waals surface area contributed by atoms with Gasteiger partial charge < -0.3 is 59.3 Å². The Kier molecular flexibility index (Phi) is 11.7.